The number of carbonyl (C=O) groups is 1. The Bertz CT molecular complexity index is 1010. The van der Waals surface area contributed by atoms with E-state index in [9.17, 15) is 13.2 Å². The molecule has 0 saturated heterocycles. The van der Waals surface area contributed by atoms with Crippen molar-refractivity contribution in [2.45, 2.75) is 11.8 Å². The van der Waals surface area contributed by atoms with Crippen LogP contribution in [-0.4, -0.2) is 18.7 Å². The van der Waals surface area contributed by atoms with E-state index in [4.69, 9.17) is 11.6 Å². The first kappa shape index (κ1) is 16.5. The van der Waals surface area contributed by atoms with E-state index in [1.165, 1.54) is 18.3 Å². The summed E-state index contributed by atoms with van der Waals surface area (Å²) in [5, 5.41) is 0.330. The van der Waals surface area contributed by atoms with Crippen LogP contribution in [0.15, 0.2) is 65.7 Å². The lowest BCUT2D eigenvalue weighted by Gasteiger charge is -2.12. The normalized spacial score (nSPS) is 11.4. The second-order valence-corrected chi connectivity index (χ2v) is 7.55. The highest BCUT2D eigenvalue weighted by Gasteiger charge is 2.24. The van der Waals surface area contributed by atoms with Crippen molar-refractivity contribution >= 4 is 27.9 Å². The molecule has 0 N–H and O–H groups in total. The fraction of sp³-hybridized carbons (Fsp3) is 0.0556. The molecular formula is C18H14ClNO3S. The van der Waals surface area contributed by atoms with Crippen molar-refractivity contribution in [3.05, 3.63) is 76.9 Å². The highest BCUT2D eigenvalue weighted by molar-refractivity contribution is 7.90. The highest BCUT2D eigenvalue weighted by Crippen LogP contribution is 2.31. The van der Waals surface area contributed by atoms with Crippen LogP contribution in [-0.2, 0) is 10.0 Å². The quantitative estimate of drug-likeness (QED) is 0.657. The third-order valence-corrected chi connectivity index (χ3v) is 5.68. The third kappa shape index (κ3) is 2.77. The molecule has 0 bridgehead atoms. The van der Waals surface area contributed by atoms with Gasteiger partial charge in [-0.15, -0.1) is 0 Å². The fourth-order valence-corrected chi connectivity index (χ4v) is 4.32. The smallest absolute Gasteiger partial charge is 0.268 e. The van der Waals surface area contributed by atoms with E-state index >= 15 is 0 Å². The Morgan fingerprint density at radius 3 is 2.38 bits per heavy atom. The predicted octanol–water partition coefficient (Wildman–Crippen LogP) is 4.17. The van der Waals surface area contributed by atoms with Gasteiger partial charge in [-0.25, -0.2) is 12.4 Å². The van der Waals surface area contributed by atoms with Crippen LogP contribution >= 0.6 is 11.6 Å². The zero-order chi connectivity index (χ0) is 17.3. The summed E-state index contributed by atoms with van der Waals surface area (Å²) < 4.78 is 27.2. The summed E-state index contributed by atoms with van der Waals surface area (Å²) in [6.45, 7) is 1.73. The Balaban J connectivity index is 2.30. The number of rotatable bonds is 4. The average molecular weight is 360 g/mol. The van der Waals surface area contributed by atoms with Crippen molar-refractivity contribution in [1.29, 1.82) is 0 Å². The van der Waals surface area contributed by atoms with Crippen molar-refractivity contribution in [1.82, 2.24) is 3.97 Å². The molecule has 122 valence electrons. The first-order chi connectivity index (χ1) is 11.4. The number of nitrogens with zero attached hydrogens (tertiary/aromatic N) is 1. The monoisotopic (exact) mass is 359 g/mol. The largest absolute Gasteiger partial charge is 0.298 e. The standard InChI is InChI=1S/C18H14ClNO3S/c1-13-15(12-21)11-20(18(13)14-6-3-2-4-7-14)24(22,23)17-9-5-8-16(19)10-17/h2-12H,1H3. The van der Waals surface area contributed by atoms with Crippen LogP contribution in [0.25, 0.3) is 11.3 Å². The van der Waals surface area contributed by atoms with Gasteiger partial charge in [0.05, 0.1) is 10.6 Å². The Kier molecular flexibility index (Phi) is 4.30. The summed E-state index contributed by atoms with van der Waals surface area (Å²) in [5.41, 5.74) is 2.13. The molecule has 1 aromatic heterocycles. The zero-order valence-electron chi connectivity index (χ0n) is 12.8. The van der Waals surface area contributed by atoms with E-state index in [1.807, 2.05) is 18.2 Å². The second kappa shape index (κ2) is 6.26. The van der Waals surface area contributed by atoms with Crippen LogP contribution < -0.4 is 0 Å². The summed E-state index contributed by atoms with van der Waals surface area (Å²) in [7, 11) is -3.88. The molecule has 0 spiro atoms. The van der Waals surface area contributed by atoms with E-state index in [0.717, 1.165) is 3.97 Å². The van der Waals surface area contributed by atoms with Gasteiger partial charge in [0.1, 0.15) is 0 Å². The second-order valence-electron chi connectivity index (χ2n) is 5.30. The maximum absolute atomic E-state index is 13.1. The molecule has 0 aliphatic heterocycles. The van der Waals surface area contributed by atoms with Crippen LogP contribution in [0.3, 0.4) is 0 Å². The minimum absolute atomic E-state index is 0.0691. The summed E-state index contributed by atoms with van der Waals surface area (Å²) >= 11 is 5.93. The van der Waals surface area contributed by atoms with Crippen molar-refractivity contribution in [3.8, 4) is 11.3 Å². The first-order valence-corrected chi connectivity index (χ1v) is 9.00. The number of aldehydes is 1. The average Bonchev–Trinajstić information content (AvgIpc) is 2.93. The summed E-state index contributed by atoms with van der Waals surface area (Å²) in [4.78, 5) is 11.4. The van der Waals surface area contributed by atoms with E-state index in [-0.39, 0.29) is 4.90 Å². The molecule has 0 aliphatic rings. The number of carbonyl (C=O) groups excluding carboxylic acids is 1. The van der Waals surface area contributed by atoms with Gasteiger partial charge in [-0.05, 0) is 36.2 Å². The van der Waals surface area contributed by atoms with Gasteiger partial charge in [0.2, 0.25) is 0 Å². The lowest BCUT2D eigenvalue weighted by atomic mass is 10.1. The lowest BCUT2D eigenvalue weighted by Crippen LogP contribution is -2.13. The Morgan fingerprint density at radius 1 is 1.04 bits per heavy atom. The molecule has 3 rings (SSSR count). The van der Waals surface area contributed by atoms with E-state index in [0.29, 0.717) is 33.7 Å². The van der Waals surface area contributed by atoms with Gasteiger partial charge in [-0.1, -0.05) is 48.0 Å². The van der Waals surface area contributed by atoms with Gasteiger partial charge >= 0.3 is 0 Å². The molecule has 0 radical (unpaired) electrons. The Labute approximate surface area is 145 Å². The number of aromatic nitrogens is 1. The molecule has 1 heterocycles. The van der Waals surface area contributed by atoms with E-state index in [1.54, 1.807) is 31.2 Å². The molecule has 0 amide bonds. The molecule has 3 aromatic rings. The number of hydrogen-bond donors (Lipinski definition) is 0. The first-order valence-electron chi connectivity index (χ1n) is 7.19. The van der Waals surface area contributed by atoms with Gasteiger partial charge in [-0.2, -0.15) is 0 Å². The van der Waals surface area contributed by atoms with Gasteiger partial charge in [0, 0.05) is 16.8 Å². The minimum atomic E-state index is -3.88. The number of halogens is 1. The number of hydrogen-bond acceptors (Lipinski definition) is 3. The van der Waals surface area contributed by atoms with Crippen molar-refractivity contribution in [2.75, 3.05) is 0 Å². The maximum Gasteiger partial charge on any atom is 0.268 e. The fourth-order valence-electron chi connectivity index (χ4n) is 2.58. The molecule has 0 unspecified atom stereocenters. The van der Waals surface area contributed by atoms with Gasteiger partial charge in [0.15, 0.2) is 6.29 Å². The maximum atomic E-state index is 13.1. The topological polar surface area (TPSA) is 56.1 Å². The molecular weight excluding hydrogens is 346 g/mol. The van der Waals surface area contributed by atoms with Crippen LogP contribution in [0, 0.1) is 6.92 Å². The van der Waals surface area contributed by atoms with Crippen LogP contribution in [0.1, 0.15) is 15.9 Å². The van der Waals surface area contributed by atoms with Gasteiger partial charge < -0.3 is 0 Å². The van der Waals surface area contributed by atoms with E-state index in [2.05, 4.69) is 0 Å². The lowest BCUT2D eigenvalue weighted by molar-refractivity contribution is 0.112. The predicted molar refractivity (Wildman–Crippen MR) is 94.0 cm³/mol. The highest BCUT2D eigenvalue weighted by atomic mass is 35.5. The molecule has 0 atom stereocenters. The van der Waals surface area contributed by atoms with Gasteiger partial charge in [-0.3, -0.25) is 4.79 Å². The molecule has 2 aromatic carbocycles. The van der Waals surface area contributed by atoms with Crippen LogP contribution in [0.4, 0.5) is 0 Å². The Hall–Kier alpha value is -2.37. The minimum Gasteiger partial charge on any atom is -0.298 e. The molecule has 0 fully saturated rings. The molecule has 4 nitrogen and oxygen atoms in total. The van der Waals surface area contributed by atoms with Crippen molar-refractivity contribution < 1.29 is 13.2 Å². The van der Waals surface area contributed by atoms with E-state index < -0.39 is 10.0 Å². The van der Waals surface area contributed by atoms with Crippen molar-refractivity contribution in [2.24, 2.45) is 0 Å². The third-order valence-electron chi connectivity index (χ3n) is 3.79. The summed E-state index contributed by atoms with van der Waals surface area (Å²) in [6.07, 6.45) is 2.01. The van der Waals surface area contributed by atoms with Crippen LogP contribution in [0.2, 0.25) is 5.02 Å². The number of benzene rings is 2. The van der Waals surface area contributed by atoms with Crippen LogP contribution in [0.5, 0.6) is 0 Å². The molecule has 24 heavy (non-hydrogen) atoms. The summed E-state index contributed by atoms with van der Waals surface area (Å²) in [5.74, 6) is 0. The van der Waals surface area contributed by atoms with Gasteiger partial charge in [0.25, 0.3) is 10.0 Å². The molecule has 0 aliphatic carbocycles. The van der Waals surface area contributed by atoms with Crippen molar-refractivity contribution in [3.63, 3.8) is 0 Å². The summed E-state index contributed by atoms with van der Waals surface area (Å²) in [6, 6.07) is 15.1. The molecule has 0 saturated carbocycles. The SMILES string of the molecule is Cc1c(C=O)cn(S(=O)(=O)c2cccc(Cl)c2)c1-c1ccccc1. The Morgan fingerprint density at radius 2 is 1.75 bits per heavy atom. The zero-order valence-corrected chi connectivity index (χ0v) is 14.4. The molecule has 6 heteroatoms.